The fourth-order valence-corrected chi connectivity index (χ4v) is 3.62. The number of fused-ring (bicyclic) bond motifs is 1. The zero-order valence-corrected chi connectivity index (χ0v) is 13.8. The van der Waals surface area contributed by atoms with Gasteiger partial charge in [0.15, 0.2) is 6.10 Å². The fraction of sp³-hybridized carbons (Fsp3) is 0.611. The summed E-state index contributed by atoms with van der Waals surface area (Å²) in [5, 5.41) is 0. The van der Waals surface area contributed by atoms with Gasteiger partial charge in [-0.2, -0.15) is 0 Å². The zero-order chi connectivity index (χ0) is 15.7. The van der Waals surface area contributed by atoms with Crippen molar-refractivity contribution in [1.82, 2.24) is 9.80 Å². The quantitative estimate of drug-likeness (QED) is 0.859. The third kappa shape index (κ3) is 3.12. The molecule has 0 radical (unpaired) electrons. The predicted octanol–water partition coefficient (Wildman–Crippen LogP) is 2.38. The summed E-state index contributed by atoms with van der Waals surface area (Å²) in [4.78, 5) is 17.2. The van der Waals surface area contributed by atoms with Crippen molar-refractivity contribution in [2.45, 2.75) is 45.8 Å². The molecule has 2 atom stereocenters. The van der Waals surface area contributed by atoms with Gasteiger partial charge in [0, 0.05) is 25.7 Å². The van der Waals surface area contributed by atoms with Crippen LogP contribution in [0.3, 0.4) is 0 Å². The van der Waals surface area contributed by atoms with Crippen molar-refractivity contribution in [3.8, 4) is 5.75 Å². The molecule has 2 saturated heterocycles. The number of nitrogens with zero attached hydrogens (tertiary/aromatic N) is 2. The Bertz CT molecular complexity index is 558. The molecule has 2 aliphatic rings. The Kier molecular flexibility index (Phi) is 4.39. The first kappa shape index (κ1) is 15.3. The van der Waals surface area contributed by atoms with Gasteiger partial charge in [0.1, 0.15) is 5.75 Å². The van der Waals surface area contributed by atoms with E-state index < -0.39 is 6.10 Å². The second kappa shape index (κ2) is 6.29. The molecule has 22 heavy (non-hydrogen) atoms. The summed E-state index contributed by atoms with van der Waals surface area (Å²) >= 11 is 0. The molecular formula is C18H26N2O2. The average molecular weight is 302 g/mol. The fourth-order valence-electron chi connectivity index (χ4n) is 3.62. The van der Waals surface area contributed by atoms with Gasteiger partial charge >= 0.3 is 0 Å². The molecule has 0 bridgehead atoms. The maximum Gasteiger partial charge on any atom is 0.263 e. The van der Waals surface area contributed by atoms with Gasteiger partial charge in [0.2, 0.25) is 0 Å². The lowest BCUT2D eigenvalue weighted by molar-refractivity contribution is -0.140. The second-order valence-corrected chi connectivity index (χ2v) is 6.65. The first-order chi connectivity index (χ1) is 10.5. The van der Waals surface area contributed by atoms with Crippen LogP contribution in [0.25, 0.3) is 0 Å². The van der Waals surface area contributed by atoms with Crippen LogP contribution in [0.4, 0.5) is 0 Å². The van der Waals surface area contributed by atoms with Crippen LogP contribution in [-0.4, -0.2) is 54.0 Å². The zero-order valence-electron chi connectivity index (χ0n) is 13.8. The van der Waals surface area contributed by atoms with Gasteiger partial charge in [0.25, 0.3) is 5.91 Å². The monoisotopic (exact) mass is 302 g/mol. The summed E-state index contributed by atoms with van der Waals surface area (Å²) in [5.41, 5.74) is 2.29. The maximum atomic E-state index is 12.7. The summed E-state index contributed by atoms with van der Waals surface area (Å²) in [6, 6.07) is 6.63. The lowest BCUT2D eigenvalue weighted by Gasteiger charge is -2.38. The standard InChI is InChI=1S/C18H26N2O2/c1-13-6-7-17(14(2)11-13)22-15(3)18(21)20-10-9-19-8-4-5-16(19)12-20/h6-7,11,15-16H,4-5,8-10,12H2,1-3H3/t15-,16-/m0/s1. The molecule has 120 valence electrons. The highest BCUT2D eigenvalue weighted by Crippen LogP contribution is 2.23. The number of ether oxygens (including phenoxy) is 1. The number of amides is 1. The molecule has 1 aromatic carbocycles. The van der Waals surface area contributed by atoms with Gasteiger partial charge in [-0.05, 0) is 51.8 Å². The minimum Gasteiger partial charge on any atom is -0.481 e. The molecule has 0 N–H and O–H groups in total. The van der Waals surface area contributed by atoms with Crippen LogP contribution in [0.1, 0.15) is 30.9 Å². The molecule has 4 heteroatoms. The van der Waals surface area contributed by atoms with E-state index in [0.717, 1.165) is 30.9 Å². The third-order valence-corrected chi connectivity index (χ3v) is 4.88. The molecule has 2 fully saturated rings. The summed E-state index contributed by atoms with van der Waals surface area (Å²) in [7, 11) is 0. The van der Waals surface area contributed by atoms with Crippen LogP contribution in [-0.2, 0) is 4.79 Å². The number of rotatable bonds is 3. The molecule has 0 aromatic heterocycles. The third-order valence-electron chi connectivity index (χ3n) is 4.88. The molecule has 0 unspecified atom stereocenters. The minimum atomic E-state index is -0.422. The van der Waals surface area contributed by atoms with Gasteiger partial charge in [0.05, 0.1) is 0 Å². The van der Waals surface area contributed by atoms with E-state index in [1.54, 1.807) is 0 Å². The number of aryl methyl sites for hydroxylation is 2. The molecule has 1 amide bonds. The molecule has 2 aliphatic heterocycles. The van der Waals surface area contributed by atoms with E-state index in [0.29, 0.717) is 6.04 Å². The first-order valence-electron chi connectivity index (χ1n) is 8.31. The normalized spacial score (nSPS) is 23.2. The highest BCUT2D eigenvalue weighted by molar-refractivity contribution is 5.81. The number of piperazine rings is 1. The van der Waals surface area contributed by atoms with Crippen LogP contribution in [0.2, 0.25) is 0 Å². The summed E-state index contributed by atoms with van der Waals surface area (Å²) in [6.45, 7) is 9.84. The number of carbonyl (C=O) groups excluding carboxylic acids is 1. The van der Waals surface area contributed by atoms with Gasteiger partial charge < -0.3 is 9.64 Å². The summed E-state index contributed by atoms with van der Waals surface area (Å²) in [5.74, 6) is 0.928. The van der Waals surface area contributed by atoms with Crippen LogP contribution in [0.5, 0.6) is 5.75 Å². The lowest BCUT2D eigenvalue weighted by atomic mass is 10.1. The van der Waals surface area contributed by atoms with Crippen molar-refractivity contribution in [1.29, 1.82) is 0 Å². The van der Waals surface area contributed by atoms with Crippen molar-refractivity contribution in [2.24, 2.45) is 0 Å². The van der Waals surface area contributed by atoms with E-state index in [-0.39, 0.29) is 5.91 Å². The molecule has 1 aromatic rings. The Hall–Kier alpha value is -1.55. The summed E-state index contributed by atoms with van der Waals surface area (Å²) in [6.07, 6.45) is 2.06. The Labute approximate surface area is 133 Å². The van der Waals surface area contributed by atoms with Crippen LogP contribution in [0, 0.1) is 13.8 Å². The van der Waals surface area contributed by atoms with Crippen molar-refractivity contribution >= 4 is 5.91 Å². The minimum absolute atomic E-state index is 0.117. The topological polar surface area (TPSA) is 32.8 Å². The van der Waals surface area contributed by atoms with Crippen LogP contribution >= 0.6 is 0 Å². The molecule has 0 spiro atoms. The highest BCUT2D eigenvalue weighted by atomic mass is 16.5. The molecule has 0 saturated carbocycles. The van der Waals surface area contributed by atoms with Crippen molar-refractivity contribution < 1.29 is 9.53 Å². The SMILES string of the molecule is Cc1ccc(O[C@@H](C)C(=O)N2CCN3CCC[C@H]3C2)c(C)c1. The molecular weight excluding hydrogens is 276 g/mol. The molecule has 2 heterocycles. The Morgan fingerprint density at radius 2 is 2.09 bits per heavy atom. The van der Waals surface area contributed by atoms with E-state index in [9.17, 15) is 4.79 Å². The highest BCUT2D eigenvalue weighted by Gasteiger charge is 2.34. The van der Waals surface area contributed by atoms with E-state index in [1.807, 2.05) is 30.9 Å². The van der Waals surface area contributed by atoms with Gasteiger partial charge in [-0.1, -0.05) is 17.7 Å². The molecule has 3 rings (SSSR count). The van der Waals surface area contributed by atoms with E-state index in [4.69, 9.17) is 4.74 Å². The number of carbonyl (C=O) groups is 1. The van der Waals surface area contributed by atoms with E-state index in [1.165, 1.54) is 24.9 Å². The predicted molar refractivity (Wildman–Crippen MR) is 87.2 cm³/mol. The Morgan fingerprint density at radius 1 is 1.27 bits per heavy atom. The number of hydrogen-bond donors (Lipinski definition) is 0. The van der Waals surface area contributed by atoms with Gasteiger partial charge in [-0.25, -0.2) is 0 Å². The van der Waals surface area contributed by atoms with Gasteiger partial charge in [-0.15, -0.1) is 0 Å². The molecule has 0 aliphatic carbocycles. The number of hydrogen-bond acceptors (Lipinski definition) is 3. The van der Waals surface area contributed by atoms with Crippen molar-refractivity contribution in [2.75, 3.05) is 26.2 Å². The Balaban J connectivity index is 1.62. The largest absolute Gasteiger partial charge is 0.481 e. The first-order valence-corrected chi connectivity index (χ1v) is 8.31. The maximum absolute atomic E-state index is 12.7. The lowest BCUT2D eigenvalue weighted by Crippen LogP contribution is -2.54. The van der Waals surface area contributed by atoms with Gasteiger partial charge in [-0.3, -0.25) is 9.69 Å². The van der Waals surface area contributed by atoms with Crippen molar-refractivity contribution in [3.63, 3.8) is 0 Å². The summed E-state index contributed by atoms with van der Waals surface area (Å²) < 4.78 is 5.92. The number of benzene rings is 1. The van der Waals surface area contributed by atoms with Crippen LogP contribution < -0.4 is 4.74 Å². The second-order valence-electron chi connectivity index (χ2n) is 6.65. The van der Waals surface area contributed by atoms with E-state index >= 15 is 0 Å². The smallest absolute Gasteiger partial charge is 0.263 e. The average Bonchev–Trinajstić information content (AvgIpc) is 2.96. The molecule has 4 nitrogen and oxygen atoms in total. The Morgan fingerprint density at radius 3 is 2.86 bits per heavy atom. The van der Waals surface area contributed by atoms with E-state index in [2.05, 4.69) is 17.9 Å². The van der Waals surface area contributed by atoms with Crippen LogP contribution in [0.15, 0.2) is 18.2 Å². The van der Waals surface area contributed by atoms with Crippen molar-refractivity contribution in [3.05, 3.63) is 29.3 Å².